The van der Waals surface area contributed by atoms with Crippen LogP contribution in [0.25, 0.3) is 0 Å². The molecule has 170 valence electrons. The summed E-state index contributed by atoms with van der Waals surface area (Å²) in [5.41, 5.74) is -1.47. The highest BCUT2D eigenvalue weighted by atomic mass is 31.2. The second-order valence-electron chi connectivity index (χ2n) is 8.98. The average Bonchev–Trinajstić information content (AvgIpc) is 2.53. The van der Waals surface area contributed by atoms with Crippen LogP contribution in [0.3, 0.4) is 0 Å². The standard InChI is InChI=1S/C20H33N2O7P/c1-9-20(10-2,30(25,26)27)15-12-11-14(13-21-15)22(16(23)28-18(3,4)5)17(24)29-19(6,7)8/h11-13H,9-10H2,1-8H3,(H2,25,26,27). The Kier molecular flexibility index (Phi) is 7.86. The van der Waals surface area contributed by atoms with Crippen molar-refractivity contribution in [1.29, 1.82) is 0 Å². The van der Waals surface area contributed by atoms with Gasteiger partial charge in [-0.25, -0.2) is 9.59 Å². The predicted molar refractivity (Wildman–Crippen MR) is 113 cm³/mol. The van der Waals surface area contributed by atoms with E-state index in [4.69, 9.17) is 9.47 Å². The van der Waals surface area contributed by atoms with Crippen molar-refractivity contribution in [2.75, 3.05) is 4.90 Å². The van der Waals surface area contributed by atoms with E-state index in [0.717, 1.165) is 0 Å². The third kappa shape index (κ3) is 6.27. The Morgan fingerprint density at radius 2 is 1.40 bits per heavy atom. The van der Waals surface area contributed by atoms with Gasteiger partial charge in [-0.05, 0) is 66.5 Å². The minimum Gasteiger partial charge on any atom is -0.443 e. The minimum atomic E-state index is -4.52. The molecule has 0 saturated heterocycles. The first-order valence-corrected chi connectivity index (χ1v) is 11.4. The van der Waals surface area contributed by atoms with Gasteiger partial charge in [0.1, 0.15) is 16.4 Å². The number of carbonyl (C=O) groups excluding carboxylic acids is 2. The van der Waals surface area contributed by atoms with Gasteiger partial charge < -0.3 is 19.3 Å². The molecule has 0 aromatic carbocycles. The van der Waals surface area contributed by atoms with E-state index < -0.39 is 36.1 Å². The number of aromatic nitrogens is 1. The molecular weight excluding hydrogens is 411 g/mol. The molecule has 1 rings (SSSR count). The smallest absolute Gasteiger partial charge is 0.424 e. The molecule has 0 spiro atoms. The summed E-state index contributed by atoms with van der Waals surface area (Å²) in [5, 5.41) is -1.45. The van der Waals surface area contributed by atoms with E-state index in [-0.39, 0.29) is 24.2 Å². The molecule has 0 atom stereocenters. The number of hydrogen-bond acceptors (Lipinski definition) is 6. The Hall–Kier alpha value is -1.96. The molecule has 0 fully saturated rings. The predicted octanol–water partition coefficient (Wildman–Crippen LogP) is 4.95. The second kappa shape index (κ2) is 9.04. The summed E-state index contributed by atoms with van der Waals surface area (Å²) in [6.07, 6.45) is -0.347. The van der Waals surface area contributed by atoms with Gasteiger partial charge >= 0.3 is 19.8 Å². The summed E-state index contributed by atoms with van der Waals surface area (Å²) in [6, 6.07) is 2.80. The van der Waals surface area contributed by atoms with Crippen LogP contribution in [0.15, 0.2) is 18.3 Å². The Morgan fingerprint density at radius 1 is 0.967 bits per heavy atom. The molecule has 0 radical (unpaired) electrons. The van der Waals surface area contributed by atoms with Crippen molar-refractivity contribution in [3.8, 4) is 0 Å². The zero-order valence-electron chi connectivity index (χ0n) is 18.9. The van der Waals surface area contributed by atoms with E-state index in [2.05, 4.69) is 4.98 Å². The largest absolute Gasteiger partial charge is 0.443 e. The zero-order chi connectivity index (χ0) is 23.5. The van der Waals surface area contributed by atoms with Gasteiger partial charge in [0.25, 0.3) is 0 Å². The molecule has 0 unspecified atom stereocenters. The maximum atomic E-state index is 12.7. The molecular formula is C20H33N2O7P. The number of ether oxygens (including phenoxy) is 2. The number of rotatable bonds is 5. The van der Waals surface area contributed by atoms with Crippen molar-refractivity contribution in [2.45, 2.75) is 84.6 Å². The highest BCUT2D eigenvalue weighted by Gasteiger charge is 2.46. The van der Waals surface area contributed by atoms with Crippen LogP contribution in [0.1, 0.15) is 73.9 Å². The van der Waals surface area contributed by atoms with Gasteiger partial charge in [0.2, 0.25) is 0 Å². The number of imide groups is 1. The molecule has 1 aromatic rings. The Labute approximate surface area is 177 Å². The monoisotopic (exact) mass is 444 g/mol. The number of pyridine rings is 1. The highest BCUT2D eigenvalue weighted by molar-refractivity contribution is 7.53. The quantitative estimate of drug-likeness (QED) is 0.611. The fourth-order valence-corrected chi connectivity index (χ4v) is 4.12. The minimum absolute atomic E-state index is 0.0640. The fraction of sp³-hybridized carbons (Fsp3) is 0.650. The van der Waals surface area contributed by atoms with E-state index in [1.807, 2.05) is 0 Å². The number of nitrogens with zero attached hydrogens (tertiary/aromatic N) is 2. The lowest BCUT2D eigenvalue weighted by Gasteiger charge is -2.32. The summed E-state index contributed by atoms with van der Waals surface area (Å²) in [4.78, 5) is 50.1. The van der Waals surface area contributed by atoms with Gasteiger partial charge in [0, 0.05) is 0 Å². The second-order valence-corrected chi connectivity index (χ2v) is 10.9. The van der Waals surface area contributed by atoms with Crippen LogP contribution in [-0.2, 0) is 19.2 Å². The van der Waals surface area contributed by atoms with E-state index in [1.54, 1.807) is 55.4 Å². The van der Waals surface area contributed by atoms with Crippen LogP contribution in [-0.4, -0.2) is 38.2 Å². The van der Waals surface area contributed by atoms with Crippen molar-refractivity contribution < 1.29 is 33.4 Å². The number of hydrogen-bond donors (Lipinski definition) is 2. The first-order valence-electron chi connectivity index (χ1n) is 9.75. The number of anilines is 1. The van der Waals surface area contributed by atoms with Crippen molar-refractivity contribution in [3.63, 3.8) is 0 Å². The summed E-state index contributed by atoms with van der Waals surface area (Å²) in [7, 11) is -4.52. The molecule has 10 heteroatoms. The van der Waals surface area contributed by atoms with Crippen LogP contribution in [0.4, 0.5) is 15.3 Å². The van der Waals surface area contributed by atoms with E-state index in [9.17, 15) is 23.9 Å². The molecule has 1 aromatic heterocycles. The Balaban J connectivity index is 3.43. The van der Waals surface area contributed by atoms with Crippen molar-refractivity contribution in [3.05, 3.63) is 24.0 Å². The molecule has 30 heavy (non-hydrogen) atoms. The molecule has 0 aliphatic carbocycles. The lowest BCUT2D eigenvalue weighted by Crippen LogP contribution is -2.44. The fourth-order valence-electron chi connectivity index (χ4n) is 2.87. The normalized spacial score (nSPS) is 13.0. The molecule has 0 saturated carbocycles. The molecule has 2 N–H and O–H groups in total. The van der Waals surface area contributed by atoms with Crippen LogP contribution in [0.5, 0.6) is 0 Å². The molecule has 0 aliphatic rings. The highest BCUT2D eigenvalue weighted by Crippen LogP contribution is 2.60. The third-order valence-corrected chi connectivity index (χ3v) is 6.34. The Morgan fingerprint density at radius 3 is 1.67 bits per heavy atom. The summed E-state index contributed by atoms with van der Waals surface area (Å²) >= 11 is 0. The molecule has 9 nitrogen and oxygen atoms in total. The number of carbonyl (C=O) groups is 2. The molecule has 0 aliphatic heterocycles. The van der Waals surface area contributed by atoms with Gasteiger partial charge in [-0.3, -0.25) is 9.55 Å². The zero-order valence-corrected chi connectivity index (χ0v) is 19.8. The third-order valence-electron chi connectivity index (χ3n) is 4.36. The average molecular weight is 444 g/mol. The molecule has 2 amide bonds. The van der Waals surface area contributed by atoms with Crippen LogP contribution in [0.2, 0.25) is 0 Å². The van der Waals surface area contributed by atoms with E-state index in [1.165, 1.54) is 18.3 Å². The van der Waals surface area contributed by atoms with E-state index in [0.29, 0.717) is 4.90 Å². The van der Waals surface area contributed by atoms with Crippen LogP contribution < -0.4 is 4.90 Å². The maximum absolute atomic E-state index is 12.7. The topological polar surface area (TPSA) is 126 Å². The van der Waals surface area contributed by atoms with Gasteiger partial charge in [-0.2, -0.15) is 4.90 Å². The lowest BCUT2D eigenvalue weighted by atomic mass is 9.97. The van der Waals surface area contributed by atoms with Crippen LogP contribution in [0, 0.1) is 0 Å². The molecule has 1 heterocycles. The first kappa shape index (κ1) is 26.1. The van der Waals surface area contributed by atoms with Gasteiger partial charge in [-0.15, -0.1) is 0 Å². The lowest BCUT2D eigenvalue weighted by molar-refractivity contribution is 0.0430. The Bertz CT molecular complexity index is 772. The van der Waals surface area contributed by atoms with Crippen LogP contribution >= 0.6 is 7.60 Å². The van der Waals surface area contributed by atoms with Gasteiger partial charge in [0.05, 0.1) is 17.6 Å². The van der Waals surface area contributed by atoms with Crippen molar-refractivity contribution in [1.82, 2.24) is 4.98 Å². The van der Waals surface area contributed by atoms with Crippen molar-refractivity contribution >= 4 is 25.5 Å². The SMILES string of the molecule is CCC(CC)(c1ccc(N(C(=O)OC(C)(C)C)C(=O)OC(C)(C)C)cn1)P(=O)(O)O. The van der Waals surface area contributed by atoms with Gasteiger partial charge in [-0.1, -0.05) is 13.8 Å². The molecule has 0 bridgehead atoms. The van der Waals surface area contributed by atoms with Crippen molar-refractivity contribution in [2.24, 2.45) is 0 Å². The maximum Gasteiger partial charge on any atom is 0.424 e. The first-order chi connectivity index (χ1) is 13.5. The summed E-state index contributed by atoms with van der Waals surface area (Å²) in [5.74, 6) is 0. The summed E-state index contributed by atoms with van der Waals surface area (Å²) < 4.78 is 22.8. The summed E-state index contributed by atoms with van der Waals surface area (Å²) in [6.45, 7) is 13.3. The van der Waals surface area contributed by atoms with E-state index >= 15 is 0 Å². The van der Waals surface area contributed by atoms with Gasteiger partial charge in [0.15, 0.2) is 0 Å². The number of amides is 2.